The first-order valence-corrected chi connectivity index (χ1v) is 6.03. The maximum absolute atomic E-state index is 11.7. The number of rotatable bonds is 5. The van der Waals surface area contributed by atoms with Crippen molar-refractivity contribution >= 4 is 17.5 Å². The third-order valence-corrected chi connectivity index (χ3v) is 2.61. The number of anilines is 1. The molecule has 1 aromatic heterocycles. The smallest absolute Gasteiger partial charge is 0.251 e. The molecule has 7 heteroatoms. The van der Waals surface area contributed by atoms with E-state index in [1.165, 1.54) is 6.33 Å². The number of carbonyl (C=O) groups excluding carboxylic acids is 2. The van der Waals surface area contributed by atoms with Gasteiger partial charge in [-0.1, -0.05) is 0 Å². The molecule has 0 aliphatic heterocycles. The maximum atomic E-state index is 11.7. The van der Waals surface area contributed by atoms with Gasteiger partial charge in [-0.3, -0.25) is 9.59 Å². The highest BCUT2D eigenvalue weighted by molar-refractivity contribution is 5.96. The van der Waals surface area contributed by atoms with Gasteiger partial charge in [0, 0.05) is 17.4 Å². The molecule has 2 amide bonds. The maximum Gasteiger partial charge on any atom is 0.251 e. The number of carbonyl (C=O) groups is 2. The van der Waals surface area contributed by atoms with Crippen LogP contribution < -0.4 is 16.4 Å². The van der Waals surface area contributed by atoms with Crippen LogP contribution in [0.5, 0.6) is 0 Å². The Morgan fingerprint density at radius 3 is 2.60 bits per heavy atom. The minimum Gasteiger partial charge on any atom is -0.399 e. The van der Waals surface area contributed by atoms with Crippen LogP contribution in [0.4, 0.5) is 5.69 Å². The van der Waals surface area contributed by atoms with E-state index in [4.69, 9.17) is 5.73 Å². The number of nitrogens with two attached hydrogens (primary N) is 1. The van der Waals surface area contributed by atoms with Crippen molar-refractivity contribution in [1.29, 1.82) is 0 Å². The molecule has 104 valence electrons. The van der Waals surface area contributed by atoms with Crippen molar-refractivity contribution in [1.82, 2.24) is 20.6 Å². The first-order valence-electron chi connectivity index (χ1n) is 6.03. The zero-order valence-electron chi connectivity index (χ0n) is 10.7. The fraction of sp³-hybridized carbons (Fsp3) is 0.154. The van der Waals surface area contributed by atoms with E-state index in [1.807, 2.05) is 0 Å². The SMILES string of the molecule is Nc1ccc(C(=O)NCC(=O)NCc2cnc[nH]2)cc1. The molecule has 0 unspecified atom stereocenters. The Morgan fingerprint density at radius 1 is 1.20 bits per heavy atom. The lowest BCUT2D eigenvalue weighted by Crippen LogP contribution is -2.36. The number of hydrogen-bond acceptors (Lipinski definition) is 4. The second kappa shape index (κ2) is 6.37. The quantitative estimate of drug-likeness (QED) is 0.576. The molecule has 5 N–H and O–H groups in total. The molecule has 2 aromatic rings. The predicted octanol–water partition coefficient (Wildman–Crippen LogP) is 0.0381. The number of amides is 2. The van der Waals surface area contributed by atoms with Gasteiger partial charge in [-0.25, -0.2) is 4.98 Å². The second-order valence-electron chi connectivity index (χ2n) is 4.16. The van der Waals surface area contributed by atoms with E-state index in [0.29, 0.717) is 17.8 Å². The van der Waals surface area contributed by atoms with Crippen LogP contribution in [-0.4, -0.2) is 28.3 Å². The Labute approximate surface area is 115 Å². The summed E-state index contributed by atoms with van der Waals surface area (Å²) in [5, 5.41) is 5.19. The summed E-state index contributed by atoms with van der Waals surface area (Å²) >= 11 is 0. The van der Waals surface area contributed by atoms with E-state index in [9.17, 15) is 9.59 Å². The summed E-state index contributed by atoms with van der Waals surface area (Å²) in [5.41, 5.74) is 7.37. The topological polar surface area (TPSA) is 113 Å². The van der Waals surface area contributed by atoms with Crippen molar-refractivity contribution in [2.24, 2.45) is 0 Å². The number of benzene rings is 1. The van der Waals surface area contributed by atoms with Crippen LogP contribution in [0.15, 0.2) is 36.8 Å². The Kier molecular flexibility index (Phi) is 4.33. The predicted molar refractivity (Wildman–Crippen MR) is 73.6 cm³/mol. The largest absolute Gasteiger partial charge is 0.399 e. The van der Waals surface area contributed by atoms with E-state index < -0.39 is 0 Å². The summed E-state index contributed by atoms with van der Waals surface area (Å²) < 4.78 is 0. The average Bonchev–Trinajstić information content (AvgIpc) is 2.96. The van der Waals surface area contributed by atoms with Crippen molar-refractivity contribution in [3.63, 3.8) is 0 Å². The van der Waals surface area contributed by atoms with Gasteiger partial charge in [0.15, 0.2) is 0 Å². The number of imidazole rings is 1. The Morgan fingerprint density at radius 2 is 1.95 bits per heavy atom. The summed E-state index contributed by atoms with van der Waals surface area (Å²) in [6, 6.07) is 6.47. The molecule has 0 bridgehead atoms. The fourth-order valence-electron chi connectivity index (χ4n) is 1.53. The second-order valence-corrected chi connectivity index (χ2v) is 4.16. The Bertz CT molecular complexity index is 577. The molecule has 20 heavy (non-hydrogen) atoms. The molecular weight excluding hydrogens is 258 g/mol. The van der Waals surface area contributed by atoms with Crippen LogP contribution in [0.2, 0.25) is 0 Å². The number of aromatic amines is 1. The van der Waals surface area contributed by atoms with Gasteiger partial charge in [-0.2, -0.15) is 0 Å². The number of aromatic nitrogens is 2. The van der Waals surface area contributed by atoms with Crippen molar-refractivity contribution < 1.29 is 9.59 Å². The van der Waals surface area contributed by atoms with Crippen molar-refractivity contribution in [2.75, 3.05) is 12.3 Å². The van der Waals surface area contributed by atoms with Crippen molar-refractivity contribution in [2.45, 2.75) is 6.54 Å². The van der Waals surface area contributed by atoms with E-state index in [0.717, 1.165) is 5.69 Å². The van der Waals surface area contributed by atoms with Crippen molar-refractivity contribution in [3.05, 3.63) is 48.0 Å². The summed E-state index contributed by atoms with van der Waals surface area (Å²) in [6.45, 7) is 0.258. The lowest BCUT2D eigenvalue weighted by molar-refractivity contribution is -0.120. The highest BCUT2D eigenvalue weighted by Crippen LogP contribution is 2.04. The number of nitrogens with zero attached hydrogens (tertiary/aromatic N) is 1. The lowest BCUT2D eigenvalue weighted by Gasteiger charge is -2.06. The molecule has 0 aliphatic carbocycles. The Balaban J connectivity index is 1.75. The molecule has 0 fully saturated rings. The first-order chi connectivity index (χ1) is 9.65. The van der Waals surface area contributed by atoms with Gasteiger partial charge in [0.25, 0.3) is 5.91 Å². The molecule has 1 heterocycles. The van der Waals surface area contributed by atoms with E-state index in [-0.39, 0.29) is 18.4 Å². The molecule has 7 nitrogen and oxygen atoms in total. The molecule has 0 atom stereocenters. The standard InChI is InChI=1S/C13H15N5O2/c14-10-3-1-9(2-4-10)13(20)17-7-12(19)16-6-11-5-15-8-18-11/h1-5,8H,6-7,14H2,(H,15,18)(H,16,19)(H,17,20). The zero-order valence-corrected chi connectivity index (χ0v) is 10.7. The van der Waals surface area contributed by atoms with Gasteiger partial charge in [0.2, 0.25) is 5.91 Å². The Hall–Kier alpha value is -2.83. The minimum absolute atomic E-state index is 0.0860. The normalized spacial score (nSPS) is 10.0. The van der Waals surface area contributed by atoms with Crippen LogP contribution in [0.1, 0.15) is 16.1 Å². The number of H-pyrrole nitrogens is 1. The van der Waals surface area contributed by atoms with Crippen LogP contribution in [-0.2, 0) is 11.3 Å². The van der Waals surface area contributed by atoms with E-state index in [1.54, 1.807) is 30.5 Å². The van der Waals surface area contributed by atoms with Gasteiger partial charge in [-0.15, -0.1) is 0 Å². The number of nitrogens with one attached hydrogen (secondary N) is 3. The van der Waals surface area contributed by atoms with Crippen LogP contribution >= 0.6 is 0 Å². The molecule has 0 aliphatic rings. The molecule has 0 spiro atoms. The third-order valence-electron chi connectivity index (χ3n) is 2.61. The molecule has 0 saturated carbocycles. The minimum atomic E-state index is -0.318. The van der Waals surface area contributed by atoms with Crippen molar-refractivity contribution in [3.8, 4) is 0 Å². The summed E-state index contributed by atoms with van der Waals surface area (Å²) in [6.07, 6.45) is 3.15. The highest BCUT2D eigenvalue weighted by atomic mass is 16.2. The lowest BCUT2D eigenvalue weighted by atomic mass is 10.2. The van der Waals surface area contributed by atoms with Crippen LogP contribution in [0, 0.1) is 0 Å². The summed E-state index contributed by atoms with van der Waals surface area (Å²) in [4.78, 5) is 30.0. The number of hydrogen-bond donors (Lipinski definition) is 4. The first kappa shape index (κ1) is 13.6. The molecule has 0 saturated heterocycles. The van der Waals surface area contributed by atoms with Gasteiger partial charge in [0.1, 0.15) is 0 Å². The molecule has 1 aromatic carbocycles. The fourth-order valence-corrected chi connectivity index (χ4v) is 1.53. The van der Waals surface area contributed by atoms with E-state index >= 15 is 0 Å². The molecular formula is C13H15N5O2. The van der Waals surface area contributed by atoms with Crippen LogP contribution in [0.25, 0.3) is 0 Å². The summed E-state index contributed by atoms with van der Waals surface area (Å²) in [5.74, 6) is -0.593. The average molecular weight is 273 g/mol. The monoisotopic (exact) mass is 273 g/mol. The zero-order chi connectivity index (χ0) is 14.4. The third kappa shape index (κ3) is 3.84. The van der Waals surface area contributed by atoms with E-state index in [2.05, 4.69) is 20.6 Å². The van der Waals surface area contributed by atoms with Gasteiger partial charge >= 0.3 is 0 Å². The number of nitrogen functional groups attached to an aromatic ring is 1. The highest BCUT2D eigenvalue weighted by Gasteiger charge is 2.07. The van der Waals surface area contributed by atoms with Gasteiger partial charge in [0.05, 0.1) is 25.1 Å². The van der Waals surface area contributed by atoms with Gasteiger partial charge in [-0.05, 0) is 24.3 Å². The van der Waals surface area contributed by atoms with Crippen LogP contribution in [0.3, 0.4) is 0 Å². The van der Waals surface area contributed by atoms with Gasteiger partial charge < -0.3 is 21.4 Å². The summed E-state index contributed by atoms with van der Waals surface area (Å²) in [7, 11) is 0. The molecule has 2 rings (SSSR count). The molecule has 0 radical (unpaired) electrons.